The molecule has 0 atom stereocenters. The molecule has 2 rings (SSSR count). The molecule has 19 heavy (non-hydrogen) atoms. The molecule has 1 heterocycles. The molecule has 0 radical (unpaired) electrons. The molecule has 0 bridgehead atoms. The number of benzene rings is 1. The van der Waals surface area contributed by atoms with Gasteiger partial charge in [0, 0.05) is 30.8 Å². The Morgan fingerprint density at radius 3 is 2.53 bits per heavy atom. The summed E-state index contributed by atoms with van der Waals surface area (Å²) in [4.78, 5) is 12.2. The monoisotopic (exact) mass is 268 g/mol. The lowest BCUT2D eigenvalue weighted by Crippen LogP contribution is -2.38. The maximum Gasteiger partial charge on any atom is 0.271 e. The van der Waals surface area contributed by atoms with Crippen LogP contribution in [0.2, 0.25) is 0 Å². The van der Waals surface area contributed by atoms with Crippen LogP contribution in [0.25, 0.3) is 0 Å². The first-order valence-electron chi connectivity index (χ1n) is 5.96. The summed E-state index contributed by atoms with van der Waals surface area (Å²) in [6.07, 6.45) is 0. The number of anilines is 1. The molecule has 1 aliphatic rings. The number of nitro benzene ring substituents is 1. The Morgan fingerprint density at radius 1 is 1.37 bits per heavy atom. The van der Waals surface area contributed by atoms with Crippen LogP contribution in [-0.2, 0) is 10.5 Å². The zero-order valence-corrected chi connectivity index (χ0v) is 10.6. The van der Waals surface area contributed by atoms with Crippen molar-refractivity contribution in [3.05, 3.63) is 33.9 Å². The molecule has 1 aliphatic heterocycles. The van der Waals surface area contributed by atoms with Gasteiger partial charge in [-0.15, -0.1) is 0 Å². The summed E-state index contributed by atoms with van der Waals surface area (Å²) in [6, 6.07) is 4.01. The van der Waals surface area contributed by atoms with Crippen LogP contribution in [0.5, 0.6) is 0 Å². The normalized spacial score (nSPS) is 16.5. The second kappa shape index (κ2) is 5.12. The van der Waals surface area contributed by atoms with Crippen molar-refractivity contribution in [1.82, 2.24) is 0 Å². The van der Waals surface area contributed by atoms with Gasteiger partial charge in [0.2, 0.25) is 0 Å². The number of ether oxygens (including phenoxy) is 1. The zero-order chi connectivity index (χ0) is 14.0. The van der Waals surface area contributed by atoms with E-state index in [1.165, 1.54) is 25.1 Å². The van der Waals surface area contributed by atoms with Crippen molar-refractivity contribution in [2.24, 2.45) is 0 Å². The molecule has 0 aromatic heterocycles. The highest BCUT2D eigenvalue weighted by Crippen LogP contribution is 2.32. The molecule has 1 aromatic rings. The zero-order valence-electron chi connectivity index (χ0n) is 10.6. The summed E-state index contributed by atoms with van der Waals surface area (Å²) < 4.78 is 5.22. The number of aliphatic hydroxyl groups is 2. The fourth-order valence-corrected chi connectivity index (χ4v) is 2.10. The average Bonchev–Trinajstić information content (AvgIpc) is 2.38. The Labute approximate surface area is 110 Å². The van der Waals surface area contributed by atoms with E-state index in [1.54, 1.807) is 0 Å². The van der Waals surface area contributed by atoms with Gasteiger partial charge in [-0.1, -0.05) is 0 Å². The SMILES string of the molecule is CC(O)(O)c1ccc([N+](=O)[O-])cc1N1CCOCC1. The third-order valence-corrected chi connectivity index (χ3v) is 3.05. The van der Waals surface area contributed by atoms with Gasteiger partial charge in [0.25, 0.3) is 5.69 Å². The Balaban J connectivity index is 2.46. The van der Waals surface area contributed by atoms with Gasteiger partial charge < -0.3 is 19.8 Å². The lowest BCUT2D eigenvalue weighted by Gasteiger charge is -2.32. The molecule has 0 amide bonds. The van der Waals surface area contributed by atoms with Gasteiger partial charge >= 0.3 is 0 Å². The van der Waals surface area contributed by atoms with Crippen LogP contribution in [-0.4, -0.2) is 41.4 Å². The summed E-state index contributed by atoms with van der Waals surface area (Å²) in [5.41, 5.74) is 0.638. The first-order chi connectivity index (χ1) is 8.89. The van der Waals surface area contributed by atoms with Crippen LogP contribution >= 0.6 is 0 Å². The lowest BCUT2D eigenvalue weighted by molar-refractivity contribution is -0.384. The number of non-ortho nitro benzene ring substituents is 1. The fourth-order valence-electron chi connectivity index (χ4n) is 2.10. The van der Waals surface area contributed by atoms with Gasteiger partial charge in [0.1, 0.15) is 0 Å². The molecule has 2 N–H and O–H groups in total. The fraction of sp³-hybridized carbons (Fsp3) is 0.500. The molecule has 0 spiro atoms. The van der Waals surface area contributed by atoms with E-state index < -0.39 is 10.7 Å². The summed E-state index contributed by atoms with van der Waals surface area (Å²) >= 11 is 0. The van der Waals surface area contributed by atoms with Crippen molar-refractivity contribution in [2.45, 2.75) is 12.7 Å². The van der Waals surface area contributed by atoms with Crippen LogP contribution < -0.4 is 4.90 Å². The van der Waals surface area contributed by atoms with Gasteiger partial charge in [-0.25, -0.2) is 0 Å². The molecular weight excluding hydrogens is 252 g/mol. The number of nitro groups is 1. The summed E-state index contributed by atoms with van der Waals surface area (Å²) in [6.45, 7) is 3.37. The topological polar surface area (TPSA) is 96.1 Å². The van der Waals surface area contributed by atoms with E-state index in [0.717, 1.165) is 0 Å². The Bertz CT molecular complexity index is 477. The maximum atomic E-state index is 10.8. The van der Waals surface area contributed by atoms with Crippen molar-refractivity contribution in [3.8, 4) is 0 Å². The van der Waals surface area contributed by atoms with Crippen LogP contribution in [0, 0.1) is 10.1 Å². The molecular formula is C12H16N2O5. The third kappa shape index (κ3) is 3.01. The first kappa shape index (κ1) is 13.7. The number of hydrogen-bond donors (Lipinski definition) is 2. The molecule has 1 saturated heterocycles. The second-order valence-electron chi connectivity index (χ2n) is 4.58. The number of morpholine rings is 1. The lowest BCUT2D eigenvalue weighted by atomic mass is 10.0. The van der Waals surface area contributed by atoms with E-state index in [1.807, 2.05) is 4.90 Å². The molecule has 1 fully saturated rings. The van der Waals surface area contributed by atoms with Crippen molar-refractivity contribution < 1.29 is 19.9 Å². The maximum absolute atomic E-state index is 10.8. The number of hydrogen-bond acceptors (Lipinski definition) is 6. The van der Waals surface area contributed by atoms with Gasteiger partial charge in [-0.2, -0.15) is 0 Å². The summed E-state index contributed by atoms with van der Waals surface area (Å²) in [5.74, 6) is -2.04. The van der Waals surface area contributed by atoms with Gasteiger partial charge in [0.15, 0.2) is 5.79 Å². The summed E-state index contributed by atoms with van der Waals surface area (Å²) in [5, 5.41) is 30.3. The largest absolute Gasteiger partial charge is 0.378 e. The molecule has 104 valence electrons. The highest BCUT2D eigenvalue weighted by molar-refractivity contribution is 5.60. The third-order valence-electron chi connectivity index (χ3n) is 3.05. The minimum Gasteiger partial charge on any atom is -0.378 e. The predicted octanol–water partition coefficient (Wildman–Crippen LogP) is 0.589. The van der Waals surface area contributed by atoms with Crippen molar-refractivity contribution >= 4 is 11.4 Å². The molecule has 1 aromatic carbocycles. The molecule has 0 unspecified atom stereocenters. The minimum atomic E-state index is -2.04. The summed E-state index contributed by atoms with van der Waals surface area (Å²) in [7, 11) is 0. The molecule has 0 saturated carbocycles. The Kier molecular flexibility index (Phi) is 3.70. The van der Waals surface area contributed by atoms with E-state index in [0.29, 0.717) is 32.0 Å². The van der Waals surface area contributed by atoms with E-state index in [2.05, 4.69) is 0 Å². The van der Waals surface area contributed by atoms with Crippen molar-refractivity contribution in [3.63, 3.8) is 0 Å². The highest BCUT2D eigenvalue weighted by Gasteiger charge is 2.27. The standard InChI is InChI=1S/C12H16N2O5/c1-12(15,16)10-3-2-9(14(17)18)8-11(10)13-4-6-19-7-5-13/h2-3,8,15-16H,4-7H2,1H3. The molecule has 7 nitrogen and oxygen atoms in total. The number of nitrogens with zero attached hydrogens (tertiary/aromatic N) is 2. The van der Waals surface area contributed by atoms with E-state index >= 15 is 0 Å². The smallest absolute Gasteiger partial charge is 0.271 e. The molecule has 7 heteroatoms. The van der Waals surface area contributed by atoms with Crippen molar-refractivity contribution in [1.29, 1.82) is 0 Å². The van der Waals surface area contributed by atoms with Crippen LogP contribution in [0.15, 0.2) is 18.2 Å². The van der Waals surface area contributed by atoms with Crippen molar-refractivity contribution in [2.75, 3.05) is 31.2 Å². The number of rotatable bonds is 3. The van der Waals surface area contributed by atoms with Crippen LogP contribution in [0.3, 0.4) is 0 Å². The van der Waals surface area contributed by atoms with Gasteiger partial charge in [-0.05, 0) is 13.0 Å². The van der Waals surface area contributed by atoms with E-state index in [4.69, 9.17) is 4.74 Å². The predicted molar refractivity (Wildman–Crippen MR) is 67.9 cm³/mol. The van der Waals surface area contributed by atoms with Gasteiger partial charge in [0.05, 0.1) is 23.8 Å². The quantitative estimate of drug-likeness (QED) is 0.473. The van der Waals surface area contributed by atoms with Crippen LogP contribution in [0.1, 0.15) is 12.5 Å². The van der Waals surface area contributed by atoms with E-state index in [9.17, 15) is 20.3 Å². The van der Waals surface area contributed by atoms with Crippen LogP contribution in [0.4, 0.5) is 11.4 Å². The Hall–Kier alpha value is -1.70. The first-order valence-corrected chi connectivity index (χ1v) is 5.96. The van der Waals surface area contributed by atoms with Gasteiger partial charge in [-0.3, -0.25) is 10.1 Å². The Morgan fingerprint density at radius 2 is 2.00 bits per heavy atom. The van der Waals surface area contributed by atoms with E-state index in [-0.39, 0.29) is 11.3 Å². The highest BCUT2D eigenvalue weighted by atomic mass is 16.6. The second-order valence-corrected chi connectivity index (χ2v) is 4.58. The molecule has 0 aliphatic carbocycles. The average molecular weight is 268 g/mol. The minimum absolute atomic E-state index is 0.0745.